The summed E-state index contributed by atoms with van der Waals surface area (Å²) in [4.78, 5) is 0. The average molecular weight is 654 g/mol. The van der Waals surface area contributed by atoms with Gasteiger partial charge in [0.1, 0.15) is 0 Å². The van der Waals surface area contributed by atoms with Crippen LogP contribution < -0.4 is 5.32 Å². The molecule has 0 spiro atoms. The lowest BCUT2D eigenvalue weighted by Gasteiger charge is -2.44. The molecule has 0 aromatic rings. The van der Waals surface area contributed by atoms with Crippen LogP contribution in [0, 0.1) is 0 Å². The zero-order chi connectivity index (χ0) is 33.9. The predicted octanol–water partition coefficient (Wildman–Crippen LogP) is 6.58. The first kappa shape index (κ1) is 44.6. The Labute approximate surface area is 275 Å². The number of hydrogen-bond acceptors (Lipinski definition) is 11. The summed E-state index contributed by atoms with van der Waals surface area (Å²) < 4.78 is 46.0. The maximum atomic E-state index is 11.2. The van der Waals surface area contributed by atoms with Crippen molar-refractivity contribution in [2.75, 3.05) is 59.4 Å². The van der Waals surface area contributed by atoms with E-state index in [4.69, 9.17) is 37.9 Å². The van der Waals surface area contributed by atoms with Crippen molar-refractivity contribution in [1.29, 1.82) is 0 Å². The molecule has 0 amide bonds. The molecule has 0 saturated carbocycles. The van der Waals surface area contributed by atoms with E-state index in [1.165, 1.54) is 38.5 Å². The van der Waals surface area contributed by atoms with Crippen LogP contribution in [0.2, 0.25) is 0 Å². The molecule has 0 rings (SSSR count). The quantitative estimate of drug-likeness (QED) is 0.0515. The second-order valence-electron chi connectivity index (χ2n) is 10.9. The lowest BCUT2D eigenvalue weighted by molar-refractivity contribution is -0.493. The Morgan fingerprint density at radius 2 is 0.689 bits per heavy atom. The van der Waals surface area contributed by atoms with Gasteiger partial charge in [0.05, 0.1) is 0 Å². The Bertz CT molecular complexity index is 591. The Morgan fingerprint density at radius 1 is 0.378 bits per heavy atom. The highest BCUT2D eigenvalue weighted by Crippen LogP contribution is 2.36. The summed E-state index contributed by atoms with van der Waals surface area (Å²) in [5.41, 5.74) is 0. The number of nitrogens with one attached hydrogen (secondary N) is 1. The minimum atomic E-state index is -2.04. The number of rotatable bonds is 34. The van der Waals surface area contributed by atoms with Gasteiger partial charge in [-0.05, 0) is 68.2 Å². The Balaban J connectivity index is 4.35. The fraction of sp³-hybridized carbons (Fsp3) is 1.00. The molecule has 0 aliphatic carbocycles. The highest BCUT2D eigenvalue weighted by molar-refractivity contribution is 4.82. The molecule has 0 aliphatic rings. The molecule has 0 fully saturated rings. The standard InChI is InChI=1S/C34H71NO10/c1-9-38-31(39-10-2,33(36,42-13-5)43-14-6)29-27-25-23-21-19-17-18-20-22-24-26-28-30-35-32(40-11-3,41-12-4)34(37,44-15-7)45-16-8/h35-37H,9-30H2,1-8H3. The first-order valence-corrected chi connectivity index (χ1v) is 18.0. The monoisotopic (exact) mass is 654 g/mol. The van der Waals surface area contributed by atoms with Crippen molar-refractivity contribution in [1.82, 2.24) is 5.32 Å². The van der Waals surface area contributed by atoms with Crippen LogP contribution in [0.15, 0.2) is 0 Å². The number of ether oxygens (including phenoxy) is 8. The van der Waals surface area contributed by atoms with Gasteiger partial charge < -0.3 is 48.1 Å². The van der Waals surface area contributed by atoms with Gasteiger partial charge in [-0.15, -0.1) is 0 Å². The maximum absolute atomic E-state index is 11.2. The number of unbranched alkanes of at least 4 members (excludes halogenated alkanes) is 11. The molecule has 272 valence electrons. The van der Waals surface area contributed by atoms with E-state index in [1.54, 1.807) is 13.8 Å². The van der Waals surface area contributed by atoms with E-state index < -0.39 is 23.6 Å². The van der Waals surface area contributed by atoms with Crippen LogP contribution in [0.25, 0.3) is 0 Å². The molecule has 0 aromatic heterocycles. The molecule has 11 heteroatoms. The van der Waals surface area contributed by atoms with Gasteiger partial charge in [0.25, 0.3) is 5.79 Å². The average Bonchev–Trinajstić information content (AvgIpc) is 2.99. The van der Waals surface area contributed by atoms with Gasteiger partial charge in [0, 0.05) is 65.8 Å². The van der Waals surface area contributed by atoms with E-state index in [-0.39, 0.29) is 26.4 Å². The lowest BCUT2D eigenvalue weighted by atomic mass is 10.0. The van der Waals surface area contributed by atoms with E-state index >= 15 is 0 Å². The van der Waals surface area contributed by atoms with Crippen LogP contribution in [0.4, 0.5) is 0 Å². The third-order valence-corrected chi connectivity index (χ3v) is 7.50. The van der Waals surface area contributed by atoms with Gasteiger partial charge in [-0.1, -0.05) is 64.2 Å². The zero-order valence-corrected chi connectivity index (χ0v) is 30.2. The zero-order valence-electron chi connectivity index (χ0n) is 30.2. The second kappa shape index (κ2) is 26.5. The molecule has 0 aliphatic heterocycles. The van der Waals surface area contributed by atoms with Crippen LogP contribution in [-0.4, -0.2) is 93.3 Å². The highest BCUT2D eigenvalue weighted by Gasteiger charge is 2.57. The topological polar surface area (TPSA) is 126 Å². The smallest absolute Gasteiger partial charge is 0.344 e. The molecule has 3 N–H and O–H groups in total. The van der Waals surface area contributed by atoms with Crippen molar-refractivity contribution in [3.8, 4) is 0 Å². The third-order valence-electron chi connectivity index (χ3n) is 7.50. The fourth-order valence-electron chi connectivity index (χ4n) is 5.62. The molecule has 0 bridgehead atoms. The van der Waals surface area contributed by atoms with Crippen molar-refractivity contribution in [2.45, 2.75) is 163 Å². The van der Waals surface area contributed by atoms with Crippen molar-refractivity contribution >= 4 is 0 Å². The van der Waals surface area contributed by atoms with Crippen LogP contribution in [0.3, 0.4) is 0 Å². The highest BCUT2D eigenvalue weighted by atomic mass is 16.9. The van der Waals surface area contributed by atoms with Gasteiger partial charge in [-0.2, -0.15) is 0 Å². The summed E-state index contributed by atoms with van der Waals surface area (Å²) in [6.45, 7) is 17.8. The summed E-state index contributed by atoms with van der Waals surface area (Å²) >= 11 is 0. The molecule has 0 atom stereocenters. The van der Waals surface area contributed by atoms with Crippen molar-refractivity contribution < 1.29 is 48.1 Å². The largest absolute Gasteiger partial charge is 0.354 e. The molecule has 45 heavy (non-hydrogen) atoms. The van der Waals surface area contributed by atoms with E-state index in [0.717, 1.165) is 38.5 Å². The number of aliphatic hydroxyl groups is 2. The second-order valence-corrected chi connectivity index (χ2v) is 10.9. The summed E-state index contributed by atoms with van der Waals surface area (Å²) in [6.07, 6.45) is 14.1. The van der Waals surface area contributed by atoms with Crippen molar-refractivity contribution in [2.24, 2.45) is 0 Å². The molecule has 0 saturated heterocycles. The fourth-order valence-corrected chi connectivity index (χ4v) is 5.62. The summed E-state index contributed by atoms with van der Waals surface area (Å²) in [6, 6.07) is 0. The number of hydrogen-bond donors (Lipinski definition) is 3. The molecule has 0 radical (unpaired) electrons. The summed E-state index contributed by atoms with van der Waals surface area (Å²) in [5.74, 6) is -6.91. The molecular weight excluding hydrogens is 582 g/mol. The van der Waals surface area contributed by atoms with Gasteiger partial charge >= 0.3 is 17.9 Å². The lowest BCUT2D eigenvalue weighted by Crippen LogP contribution is -2.69. The van der Waals surface area contributed by atoms with Crippen molar-refractivity contribution in [3.05, 3.63) is 0 Å². The van der Waals surface area contributed by atoms with Crippen LogP contribution in [0.1, 0.15) is 139 Å². The van der Waals surface area contributed by atoms with Gasteiger partial charge in [-0.25, -0.2) is 0 Å². The van der Waals surface area contributed by atoms with E-state index in [9.17, 15) is 10.2 Å². The first-order chi connectivity index (χ1) is 21.7. The van der Waals surface area contributed by atoms with E-state index in [1.807, 2.05) is 41.5 Å². The first-order valence-electron chi connectivity index (χ1n) is 18.0. The van der Waals surface area contributed by atoms with Gasteiger partial charge in [0.2, 0.25) is 0 Å². The SMILES string of the molecule is CCOC(O)(OCC)C(CCCCCCCCCCCCCCNC(OCC)(OCC)C(O)(OCC)OCC)(OCC)OCC. The molecule has 0 unspecified atom stereocenters. The molecular formula is C34H71NO10. The van der Waals surface area contributed by atoms with Gasteiger partial charge in [0.15, 0.2) is 0 Å². The third kappa shape index (κ3) is 15.5. The molecule has 11 nitrogen and oxygen atoms in total. The van der Waals surface area contributed by atoms with E-state index in [0.29, 0.717) is 39.4 Å². The minimum Gasteiger partial charge on any atom is -0.344 e. The minimum absolute atomic E-state index is 0.249. The normalized spacial score (nSPS) is 13.2. The predicted molar refractivity (Wildman–Crippen MR) is 176 cm³/mol. The van der Waals surface area contributed by atoms with Crippen molar-refractivity contribution in [3.63, 3.8) is 0 Å². The Kier molecular flexibility index (Phi) is 26.2. The Morgan fingerprint density at radius 3 is 1.04 bits per heavy atom. The summed E-state index contributed by atoms with van der Waals surface area (Å²) in [7, 11) is 0. The molecule has 0 aromatic carbocycles. The van der Waals surface area contributed by atoms with E-state index in [2.05, 4.69) is 5.32 Å². The summed E-state index contributed by atoms with van der Waals surface area (Å²) in [5, 5.41) is 25.6. The molecule has 0 heterocycles. The van der Waals surface area contributed by atoms with Crippen LogP contribution in [0.5, 0.6) is 0 Å². The maximum Gasteiger partial charge on any atom is 0.354 e. The Hall–Kier alpha value is -0.440. The van der Waals surface area contributed by atoms with Gasteiger partial charge in [-0.3, -0.25) is 5.32 Å². The van der Waals surface area contributed by atoms with Crippen LogP contribution >= 0.6 is 0 Å². The van der Waals surface area contributed by atoms with Crippen LogP contribution in [-0.2, 0) is 37.9 Å².